The molecule has 0 spiro atoms. The molecule has 0 amide bonds. The Morgan fingerprint density at radius 2 is 2.06 bits per heavy atom. The summed E-state index contributed by atoms with van der Waals surface area (Å²) < 4.78 is 37.9. The van der Waals surface area contributed by atoms with Crippen molar-refractivity contribution in [3.8, 4) is 0 Å². The first kappa shape index (κ1) is 12.8. The van der Waals surface area contributed by atoms with E-state index in [0.29, 0.717) is 18.7 Å². The van der Waals surface area contributed by atoms with Gasteiger partial charge in [0, 0.05) is 6.42 Å². The van der Waals surface area contributed by atoms with Crippen LogP contribution in [0.2, 0.25) is 0 Å². The highest BCUT2D eigenvalue weighted by atomic mass is 19.4. The predicted molar refractivity (Wildman–Crippen MR) is 54.0 cm³/mol. The molecule has 5 nitrogen and oxygen atoms in total. The molecule has 0 atom stereocenters. The van der Waals surface area contributed by atoms with Gasteiger partial charge in [-0.25, -0.2) is 4.79 Å². The van der Waals surface area contributed by atoms with Crippen LogP contribution in [-0.4, -0.2) is 32.0 Å². The third-order valence-electron chi connectivity index (χ3n) is 3.07. The molecular weight excluding hydrogens is 251 g/mol. The third kappa shape index (κ3) is 2.19. The number of aryl methyl sites for hydroxylation is 2. The van der Waals surface area contributed by atoms with Gasteiger partial charge in [-0.3, -0.25) is 4.57 Å². The third-order valence-corrected chi connectivity index (χ3v) is 3.07. The Morgan fingerprint density at radius 3 is 2.50 bits per heavy atom. The minimum atomic E-state index is -4.29. The Labute approximate surface area is 101 Å². The van der Waals surface area contributed by atoms with Gasteiger partial charge in [0.15, 0.2) is 0 Å². The molecule has 0 aromatic carbocycles. The summed E-state index contributed by atoms with van der Waals surface area (Å²) in [5, 5.41) is 16.5. The lowest BCUT2D eigenvalue weighted by atomic mass is 10.2. The lowest BCUT2D eigenvalue weighted by Gasteiger charge is -2.16. The molecule has 1 aliphatic rings. The summed E-state index contributed by atoms with van der Waals surface area (Å²) in [5.74, 6) is -0.615. The zero-order chi connectivity index (χ0) is 13.6. The molecule has 2 rings (SSSR count). The fourth-order valence-corrected chi connectivity index (χ4v) is 2.03. The lowest BCUT2D eigenvalue weighted by molar-refractivity contribution is -0.142. The number of aliphatic carboxylic acids is 1. The van der Waals surface area contributed by atoms with Crippen molar-refractivity contribution < 1.29 is 23.1 Å². The van der Waals surface area contributed by atoms with Gasteiger partial charge in [0.1, 0.15) is 17.2 Å². The Balaban J connectivity index is 2.26. The quantitative estimate of drug-likeness (QED) is 0.897. The van der Waals surface area contributed by atoms with E-state index >= 15 is 0 Å². The van der Waals surface area contributed by atoms with Gasteiger partial charge in [-0.15, -0.1) is 10.2 Å². The molecule has 0 radical (unpaired) electrons. The standard InChI is InChI=1S/C10H12F3N3O2/c1-6-14-15-7(2-3-10(11,12)13)16(6)9(4-5-9)8(17)18/h2-5H2,1H3,(H,17,18). The van der Waals surface area contributed by atoms with Crippen molar-refractivity contribution in [1.29, 1.82) is 0 Å². The van der Waals surface area contributed by atoms with Crippen LogP contribution in [0, 0.1) is 6.92 Å². The van der Waals surface area contributed by atoms with E-state index in [2.05, 4.69) is 10.2 Å². The molecule has 1 fully saturated rings. The summed E-state index contributed by atoms with van der Waals surface area (Å²) in [4.78, 5) is 11.2. The first-order valence-electron chi connectivity index (χ1n) is 5.48. The lowest BCUT2D eigenvalue weighted by Crippen LogP contribution is -2.30. The number of carboxylic acid groups (broad SMARTS) is 1. The molecule has 0 unspecified atom stereocenters. The second-order valence-electron chi connectivity index (χ2n) is 4.45. The fraction of sp³-hybridized carbons (Fsp3) is 0.700. The topological polar surface area (TPSA) is 68.0 Å². The molecule has 1 N–H and O–H groups in total. The van der Waals surface area contributed by atoms with E-state index < -0.39 is 24.1 Å². The van der Waals surface area contributed by atoms with E-state index in [0.717, 1.165) is 0 Å². The number of alkyl halides is 3. The molecule has 8 heteroatoms. The molecule has 1 saturated carbocycles. The van der Waals surface area contributed by atoms with Crippen molar-refractivity contribution >= 4 is 5.97 Å². The molecule has 0 aliphatic heterocycles. The fourth-order valence-electron chi connectivity index (χ4n) is 2.03. The van der Waals surface area contributed by atoms with Crippen LogP contribution < -0.4 is 0 Å². The van der Waals surface area contributed by atoms with Gasteiger partial charge in [0.05, 0.1) is 6.42 Å². The smallest absolute Gasteiger partial charge is 0.389 e. The molecule has 1 aliphatic carbocycles. The molecular formula is C10H12F3N3O2. The highest BCUT2D eigenvalue weighted by Crippen LogP contribution is 2.45. The monoisotopic (exact) mass is 263 g/mol. The summed E-state index contributed by atoms with van der Waals surface area (Å²) in [5.41, 5.74) is -1.13. The van der Waals surface area contributed by atoms with Crippen LogP contribution in [0.25, 0.3) is 0 Å². The summed E-state index contributed by atoms with van der Waals surface area (Å²) in [6.07, 6.45) is -4.86. The van der Waals surface area contributed by atoms with Crippen LogP contribution >= 0.6 is 0 Å². The van der Waals surface area contributed by atoms with Gasteiger partial charge >= 0.3 is 12.1 Å². The summed E-state index contributed by atoms with van der Waals surface area (Å²) in [6.45, 7) is 1.55. The molecule has 100 valence electrons. The van der Waals surface area contributed by atoms with Crippen molar-refractivity contribution in [3.63, 3.8) is 0 Å². The minimum absolute atomic E-state index is 0.0877. The minimum Gasteiger partial charge on any atom is -0.479 e. The van der Waals surface area contributed by atoms with Crippen molar-refractivity contribution in [2.75, 3.05) is 0 Å². The van der Waals surface area contributed by atoms with E-state index in [1.807, 2.05) is 0 Å². The van der Waals surface area contributed by atoms with Crippen molar-refractivity contribution in [2.45, 2.75) is 44.3 Å². The number of aromatic nitrogens is 3. The van der Waals surface area contributed by atoms with Gasteiger partial charge < -0.3 is 5.11 Å². The zero-order valence-corrected chi connectivity index (χ0v) is 9.66. The van der Waals surface area contributed by atoms with Crippen molar-refractivity contribution in [3.05, 3.63) is 11.6 Å². The number of nitrogens with zero attached hydrogens (tertiary/aromatic N) is 3. The second-order valence-corrected chi connectivity index (χ2v) is 4.45. The second kappa shape index (κ2) is 3.96. The predicted octanol–water partition coefficient (Wildman–Crippen LogP) is 1.66. The number of rotatable bonds is 4. The highest BCUT2D eigenvalue weighted by molar-refractivity contribution is 5.80. The molecule has 1 heterocycles. The average molecular weight is 263 g/mol. The number of hydrogen-bond donors (Lipinski definition) is 1. The van der Waals surface area contributed by atoms with Crippen molar-refractivity contribution in [2.24, 2.45) is 0 Å². The maximum atomic E-state index is 12.2. The Hall–Kier alpha value is -1.60. The number of carbonyl (C=O) groups is 1. The van der Waals surface area contributed by atoms with Crippen molar-refractivity contribution in [1.82, 2.24) is 14.8 Å². The van der Waals surface area contributed by atoms with Gasteiger partial charge in [-0.1, -0.05) is 0 Å². The summed E-state index contributed by atoms with van der Waals surface area (Å²) in [7, 11) is 0. The van der Waals surface area contributed by atoms with Gasteiger partial charge in [-0.05, 0) is 19.8 Å². The average Bonchev–Trinajstić information content (AvgIpc) is 2.95. The number of carboxylic acids is 1. The molecule has 1 aromatic heterocycles. The Kier molecular flexibility index (Phi) is 2.83. The van der Waals surface area contributed by atoms with Crippen LogP contribution in [0.5, 0.6) is 0 Å². The van der Waals surface area contributed by atoms with Crippen LogP contribution in [0.1, 0.15) is 30.9 Å². The van der Waals surface area contributed by atoms with Gasteiger partial charge in [0.2, 0.25) is 0 Å². The van der Waals surface area contributed by atoms with Crippen LogP contribution in [0.15, 0.2) is 0 Å². The molecule has 18 heavy (non-hydrogen) atoms. The summed E-state index contributed by atoms with van der Waals surface area (Å²) in [6, 6.07) is 0. The maximum Gasteiger partial charge on any atom is 0.389 e. The molecule has 1 aromatic rings. The highest BCUT2D eigenvalue weighted by Gasteiger charge is 2.54. The van der Waals surface area contributed by atoms with E-state index in [4.69, 9.17) is 5.11 Å². The zero-order valence-electron chi connectivity index (χ0n) is 9.66. The molecule has 0 bridgehead atoms. The Bertz CT molecular complexity index is 477. The van der Waals surface area contributed by atoms with E-state index in [-0.39, 0.29) is 12.2 Å². The largest absolute Gasteiger partial charge is 0.479 e. The van der Waals surface area contributed by atoms with E-state index in [9.17, 15) is 18.0 Å². The van der Waals surface area contributed by atoms with Crippen LogP contribution in [-0.2, 0) is 16.8 Å². The SMILES string of the molecule is Cc1nnc(CCC(F)(F)F)n1C1(C(=O)O)CC1. The number of hydrogen-bond acceptors (Lipinski definition) is 3. The van der Waals surface area contributed by atoms with Crippen LogP contribution in [0.3, 0.4) is 0 Å². The maximum absolute atomic E-state index is 12.2. The van der Waals surface area contributed by atoms with E-state index in [1.165, 1.54) is 4.57 Å². The number of halogens is 3. The molecule has 0 saturated heterocycles. The van der Waals surface area contributed by atoms with Gasteiger partial charge in [0.25, 0.3) is 0 Å². The van der Waals surface area contributed by atoms with Gasteiger partial charge in [-0.2, -0.15) is 13.2 Å². The summed E-state index contributed by atoms with van der Waals surface area (Å²) >= 11 is 0. The Morgan fingerprint density at radius 1 is 1.44 bits per heavy atom. The normalized spacial score (nSPS) is 17.8. The first-order chi connectivity index (χ1) is 8.26. The van der Waals surface area contributed by atoms with E-state index in [1.54, 1.807) is 6.92 Å². The van der Waals surface area contributed by atoms with Crippen LogP contribution in [0.4, 0.5) is 13.2 Å². The first-order valence-corrected chi connectivity index (χ1v) is 5.48.